The largest absolute Gasteiger partial charge is 0.363 e. The molecule has 0 spiro atoms. The van der Waals surface area contributed by atoms with Crippen molar-refractivity contribution in [3.05, 3.63) is 36.0 Å². The number of ketones is 1. The molecule has 0 fully saturated rings. The number of hydrogen-bond acceptors (Lipinski definition) is 2. The van der Waals surface area contributed by atoms with Crippen molar-refractivity contribution in [1.29, 1.82) is 0 Å². The van der Waals surface area contributed by atoms with E-state index in [2.05, 4.69) is 0 Å². The Bertz CT molecular complexity index is 516. The van der Waals surface area contributed by atoms with Gasteiger partial charge in [-0.15, -0.1) is 0 Å². The van der Waals surface area contributed by atoms with Gasteiger partial charge < -0.3 is 5.73 Å². The number of carbonyl (C=O) groups excluding carboxylic acids is 2. The second kappa shape index (κ2) is 3.28. The SMILES string of the molecule is C[N+]1(C)C=C(C(=O)C(N)=O)c2ccccc21. The summed E-state index contributed by atoms with van der Waals surface area (Å²) >= 11 is 0. The predicted molar refractivity (Wildman–Crippen MR) is 62.3 cm³/mol. The van der Waals surface area contributed by atoms with Gasteiger partial charge in [-0.05, 0) is 6.07 Å². The Morgan fingerprint density at radius 3 is 2.44 bits per heavy atom. The van der Waals surface area contributed by atoms with Gasteiger partial charge in [0.25, 0.3) is 11.7 Å². The van der Waals surface area contributed by atoms with E-state index in [1.54, 1.807) is 6.20 Å². The Kier molecular flexibility index (Phi) is 2.17. The molecule has 0 radical (unpaired) electrons. The maximum absolute atomic E-state index is 11.6. The Labute approximate surface area is 93.6 Å². The van der Waals surface area contributed by atoms with Crippen molar-refractivity contribution in [2.45, 2.75) is 0 Å². The topological polar surface area (TPSA) is 60.2 Å². The van der Waals surface area contributed by atoms with Crippen LogP contribution in [0.2, 0.25) is 0 Å². The van der Waals surface area contributed by atoms with Crippen LogP contribution in [-0.4, -0.2) is 25.8 Å². The molecule has 1 amide bonds. The third kappa shape index (κ3) is 1.44. The smallest absolute Gasteiger partial charge is 0.290 e. The number of nitrogens with two attached hydrogens (primary N) is 1. The minimum atomic E-state index is -0.914. The summed E-state index contributed by atoms with van der Waals surface area (Å²) < 4.78 is 0.449. The quantitative estimate of drug-likeness (QED) is 0.584. The predicted octanol–water partition coefficient (Wildman–Crippen LogP) is 0.662. The molecule has 0 atom stereocenters. The van der Waals surface area contributed by atoms with Crippen LogP contribution in [0.4, 0.5) is 5.69 Å². The molecule has 0 unspecified atom stereocenters. The van der Waals surface area contributed by atoms with Crippen molar-refractivity contribution < 1.29 is 9.59 Å². The fraction of sp³-hybridized carbons (Fsp3) is 0.167. The summed E-state index contributed by atoms with van der Waals surface area (Å²) in [5.41, 5.74) is 7.20. The average molecular weight is 217 g/mol. The zero-order chi connectivity index (χ0) is 11.9. The molecule has 2 rings (SSSR count). The summed E-state index contributed by atoms with van der Waals surface area (Å²) in [5.74, 6) is -1.54. The fourth-order valence-corrected chi connectivity index (χ4v) is 1.98. The molecule has 1 aliphatic heterocycles. The first-order valence-corrected chi connectivity index (χ1v) is 4.94. The van der Waals surface area contributed by atoms with Gasteiger partial charge in [0.05, 0.1) is 25.2 Å². The number of fused-ring (bicyclic) bond motifs is 1. The van der Waals surface area contributed by atoms with E-state index in [9.17, 15) is 9.59 Å². The highest BCUT2D eigenvalue weighted by Gasteiger charge is 2.35. The number of rotatable bonds is 2. The van der Waals surface area contributed by atoms with Gasteiger partial charge in [0, 0.05) is 6.07 Å². The van der Waals surface area contributed by atoms with Crippen molar-refractivity contribution in [3.63, 3.8) is 0 Å². The summed E-state index contributed by atoms with van der Waals surface area (Å²) in [6, 6.07) is 7.51. The lowest BCUT2D eigenvalue weighted by atomic mass is 10.0. The number of benzene rings is 1. The zero-order valence-corrected chi connectivity index (χ0v) is 9.23. The minimum absolute atomic E-state index is 0.396. The first-order chi connectivity index (χ1) is 7.43. The van der Waals surface area contributed by atoms with Gasteiger partial charge in [-0.3, -0.25) is 14.1 Å². The summed E-state index contributed by atoms with van der Waals surface area (Å²) in [7, 11) is 3.89. The average Bonchev–Trinajstić information content (AvgIpc) is 2.51. The highest BCUT2D eigenvalue weighted by Crippen LogP contribution is 2.37. The third-order valence-corrected chi connectivity index (χ3v) is 2.74. The lowest BCUT2D eigenvalue weighted by molar-refractivity contribution is -0.132. The molecule has 1 heterocycles. The zero-order valence-electron chi connectivity index (χ0n) is 9.23. The van der Waals surface area contributed by atoms with Crippen molar-refractivity contribution >= 4 is 23.0 Å². The fourth-order valence-electron chi connectivity index (χ4n) is 1.98. The molecule has 2 N–H and O–H groups in total. The molecule has 1 aromatic carbocycles. The van der Waals surface area contributed by atoms with Gasteiger partial charge in [0.15, 0.2) is 0 Å². The lowest BCUT2D eigenvalue weighted by Crippen LogP contribution is -2.31. The van der Waals surface area contributed by atoms with Crippen molar-refractivity contribution in [2.24, 2.45) is 5.73 Å². The molecule has 0 aromatic heterocycles. The Balaban J connectivity index is 2.59. The van der Waals surface area contributed by atoms with Crippen LogP contribution in [0.15, 0.2) is 30.5 Å². The molecule has 0 saturated carbocycles. The van der Waals surface area contributed by atoms with E-state index in [0.29, 0.717) is 10.1 Å². The molecule has 1 aliphatic rings. The van der Waals surface area contributed by atoms with Gasteiger partial charge >= 0.3 is 0 Å². The highest BCUT2D eigenvalue weighted by atomic mass is 16.2. The number of quaternary nitrogens is 1. The number of para-hydroxylation sites is 1. The van der Waals surface area contributed by atoms with E-state index >= 15 is 0 Å². The first kappa shape index (κ1) is 10.6. The monoisotopic (exact) mass is 217 g/mol. The molecule has 82 valence electrons. The Hall–Kier alpha value is -1.94. The molecule has 16 heavy (non-hydrogen) atoms. The van der Waals surface area contributed by atoms with Crippen molar-refractivity contribution in [1.82, 2.24) is 4.48 Å². The van der Waals surface area contributed by atoms with Gasteiger partial charge in [-0.25, -0.2) is 0 Å². The molecule has 0 saturated heterocycles. The molecule has 1 aromatic rings. The van der Waals surface area contributed by atoms with Crippen LogP contribution in [0, 0.1) is 0 Å². The van der Waals surface area contributed by atoms with Gasteiger partial charge in [0.1, 0.15) is 11.9 Å². The van der Waals surface area contributed by atoms with Crippen LogP contribution in [-0.2, 0) is 9.59 Å². The maximum Gasteiger partial charge on any atom is 0.290 e. The van der Waals surface area contributed by atoms with Gasteiger partial charge in [-0.1, -0.05) is 12.1 Å². The Morgan fingerprint density at radius 1 is 1.19 bits per heavy atom. The summed E-state index contributed by atoms with van der Waals surface area (Å²) in [6.45, 7) is 0. The number of Topliss-reactive ketones (excluding diaryl/α,β-unsaturated/α-hetero) is 1. The van der Waals surface area contributed by atoms with Crippen LogP contribution >= 0.6 is 0 Å². The van der Waals surface area contributed by atoms with Crippen LogP contribution in [0.1, 0.15) is 5.56 Å². The molecule has 4 nitrogen and oxygen atoms in total. The van der Waals surface area contributed by atoms with Crippen LogP contribution in [0.25, 0.3) is 5.57 Å². The molecule has 0 bridgehead atoms. The van der Waals surface area contributed by atoms with E-state index in [0.717, 1.165) is 11.3 Å². The normalized spacial score (nSPS) is 16.5. The van der Waals surface area contributed by atoms with Crippen molar-refractivity contribution in [2.75, 3.05) is 14.1 Å². The lowest BCUT2D eigenvalue weighted by Gasteiger charge is -2.20. The number of hydrogen-bond donors (Lipinski definition) is 1. The maximum atomic E-state index is 11.6. The van der Waals surface area contributed by atoms with Gasteiger partial charge in [0.2, 0.25) is 0 Å². The number of nitrogens with zero attached hydrogens (tertiary/aromatic N) is 1. The first-order valence-electron chi connectivity index (χ1n) is 4.94. The minimum Gasteiger partial charge on any atom is -0.363 e. The van der Waals surface area contributed by atoms with Crippen LogP contribution in [0.3, 0.4) is 0 Å². The summed E-state index contributed by atoms with van der Waals surface area (Å²) in [5, 5.41) is 0. The second-order valence-corrected chi connectivity index (χ2v) is 4.29. The van der Waals surface area contributed by atoms with Crippen molar-refractivity contribution in [3.8, 4) is 0 Å². The molecular formula is C12H13N2O2+. The second-order valence-electron chi connectivity index (χ2n) is 4.29. The molecular weight excluding hydrogens is 204 g/mol. The summed E-state index contributed by atoms with van der Waals surface area (Å²) in [6.07, 6.45) is 1.75. The number of amides is 1. The molecule has 0 aliphatic carbocycles. The van der Waals surface area contributed by atoms with Crippen LogP contribution < -0.4 is 10.2 Å². The van der Waals surface area contributed by atoms with Gasteiger partial charge in [-0.2, -0.15) is 0 Å². The number of primary amides is 1. The van der Waals surface area contributed by atoms with E-state index in [4.69, 9.17) is 5.73 Å². The summed E-state index contributed by atoms with van der Waals surface area (Å²) in [4.78, 5) is 22.6. The molecule has 4 heteroatoms. The van der Waals surface area contributed by atoms with E-state index < -0.39 is 11.7 Å². The highest BCUT2D eigenvalue weighted by molar-refractivity contribution is 6.53. The van der Waals surface area contributed by atoms with E-state index in [1.165, 1.54) is 0 Å². The number of carbonyl (C=O) groups is 2. The third-order valence-electron chi connectivity index (χ3n) is 2.74. The standard InChI is InChI=1S/C12H12N2O2/c1-14(2)7-9(11(15)12(13)16)8-5-3-4-6-10(8)14/h3-7H,1-2H3,(H-,13,16)/p+1. The van der Waals surface area contributed by atoms with E-state index in [1.807, 2.05) is 38.4 Å². The van der Waals surface area contributed by atoms with E-state index in [-0.39, 0.29) is 0 Å². The van der Waals surface area contributed by atoms with Crippen LogP contribution in [0.5, 0.6) is 0 Å². The Morgan fingerprint density at radius 2 is 1.81 bits per heavy atom.